The van der Waals surface area contributed by atoms with Crippen LogP contribution in [0.15, 0.2) is 66.7 Å². The first kappa shape index (κ1) is 17.8. The van der Waals surface area contributed by atoms with E-state index in [1.807, 2.05) is 18.2 Å². The SMILES string of the molecule is CN1CCN(c2ccc3nnc(-c4ccccc4F)n3n2)C(c2ccccc2)C1. The fourth-order valence-corrected chi connectivity index (χ4v) is 3.90. The number of rotatable bonds is 3. The monoisotopic (exact) mass is 388 g/mol. The summed E-state index contributed by atoms with van der Waals surface area (Å²) in [5.41, 5.74) is 2.24. The maximum absolute atomic E-state index is 14.3. The van der Waals surface area contributed by atoms with Gasteiger partial charge >= 0.3 is 0 Å². The van der Waals surface area contributed by atoms with E-state index in [-0.39, 0.29) is 11.9 Å². The molecule has 0 N–H and O–H groups in total. The van der Waals surface area contributed by atoms with Gasteiger partial charge in [-0.1, -0.05) is 42.5 Å². The molecule has 1 saturated heterocycles. The fraction of sp³-hybridized carbons (Fsp3) is 0.227. The molecule has 146 valence electrons. The van der Waals surface area contributed by atoms with Crippen LogP contribution in [0.2, 0.25) is 0 Å². The van der Waals surface area contributed by atoms with Gasteiger partial charge < -0.3 is 9.80 Å². The summed E-state index contributed by atoms with van der Waals surface area (Å²) in [6, 6.07) is 21.1. The highest BCUT2D eigenvalue weighted by atomic mass is 19.1. The van der Waals surface area contributed by atoms with Crippen LogP contribution in [0, 0.1) is 5.82 Å². The zero-order valence-electron chi connectivity index (χ0n) is 16.1. The van der Waals surface area contributed by atoms with Crippen molar-refractivity contribution in [3.63, 3.8) is 0 Å². The number of hydrogen-bond acceptors (Lipinski definition) is 5. The summed E-state index contributed by atoms with van der Waals surface area (Å²) in [6.07, 6.45) is 0. The van der Waals surface area contributed by atoms with Crippen molar-refractivity contribution in [2.24, 2.45) is 0 Å². The highest BCUT2D eigenvalue weighted by Crippen LogP contribution is 2.30. The summed E-state index contributed by atoms with van der Waals surface area (Å²) in [4.78, 5) is 4.64. The van der Waals surface area contributed by atoms with E-state index >= 15 is 0 Å². The lowest BCUT2D eigenvalue weighted by molar-refractivity contribution is 0.268. The van der Waals surface area contributed by atoms with Gasteiger partial charge in [0.1, 0.15) is 11.6 Å². The molecule has 5 rings (SSSR count). The number of piperazine rings is 1. The molecule has 6 nitrogen and oxygen atoms in total. The zero-order chi connectivity index (χ0) is 19.8. The topological polar surface area (TPSA) is 49.6 Å². The number of fused-ring (bicyclic) bond motifs is 1. The molecule has 2 aromatic heterocycles. The minimum Gasteiger partial charge on any atom is -0.346 e. The van der Waals surface area contributed by atoms with Crippen molar-refractivity contribution in [2.75, 3.05) is 31.6 Å². The zero-order valence-corrected chi connectivity index (χ0v) is 16.1. The summed E-state index contributed by atoms with van der Waals surface area (Å²) in [7, 11) is 2.14. The van der Waals surface area contributed by atoms with Gasteiger partial charge in [0.15, 0.2) is 11.5 Å². The second-order valence-electron chi connectivity index (χ2n) is 7.35. The van der Waals surface area contributed by atoms with Crippen molar-refractivity contribution in [3.05, 3.63) is 78.1 Å². The normalized spacial score (nSPS) is 17.7. The average molecular weight is 388 g/mol. The second-order valence-corrected chi connectivity index (χ2v) is 7.35. The number of likely N-dealkylation sites (N-methyl/N-ethyl adjacent to an activating group) is 1. The van der Waals surface area contributed by atoms with E-state index in [0.717, 1.165) is 25.5 Å². The lowest BCUT2D eigenvalue weighted by atomic mass is 10.0. The smallest absolute Gasteiger partial charge is 0.188 e. The number of benzene rings is 2. The molecule has 1 fully saturated rings. The van der Waals surface area contributed by atoms with Crippen molar-refractivity contribution in [1.29, 1.82) is 0 Å². The van der Waals surface area contributed by atoms with Crippen LogP contribution in [0.1, 0.15) is 11.6 Å². The number of hydrogen-bond donors (Lipinski definition) is 0. The van der Waals surface area contributed by atoms with Crippen molar-refractivity contribution >= 4 is 11.5 Å². The molecular formula is C22H21FN6. The van der Waals surface area contributed by atoms with Gasteiger partial charge in [-0.25, -0.2) is 4.39 Å². The highest BCUT2D eigenvalue weighted by molar-refractivity contribution is 5.60. The standard InChI is InChI=1S/C22H21FN6/c1-27-13-14-28(19(15-27)16-7-3-2-4-8-16)21-12-11-20-24-25-22(29(20)26-21)17-9-5-6-10-18(17)23/h2-12,19H,13-15H2,1H3. The van der Waals surface area contributed by atoms with Crippen LogP contribution in [-0.4, -0.2) is 51.4 Å². The molecular weight excluding hydrogens is 367 g/mol. The Balaban J connectivity index is 1.59. The molecule has 0 bridgehead atoms. The molecule has 0 spiro atoms. The summed E-state index contributed by atoms with van der Waals surface area (Å²) in [5.74, 6) is 0.901. The number of nitrogens with zero attached hydrogens (tertiary/aromatic N) is 6. The molecule has 7 heteroatoms. The van der Waals surface area contributed by atoms with E-state index in [0.29, 0.717) is 17.0 Å². The first-order valence-electron chi connectivity index (χ1n) is 9.68. The van der Waals surface area contributed by atoms with Crippen molar-refractivity contribution in [3.8, 4) is 11.4 Å². The quantitative estimate of drug-likeness (QED) is 0.538. The van der Waals surface area contributed by atoms with Gasteiger partial charge in [-0.2, -0.15) is 4.52 Å². The van der Waals surface area contributed by atoms with Crippen LogP contribution in [0.25, 0.3) is 17.0 Å². The van der Waals surface area contributed by atoms with E-state index in [4.69, 9.17) is 5.10 Å². The van der Waals surface area contributed by atoms with Crippen LogP contribution in [0.5, 0.6) is 0 Å². The number of halogens is 1. The maximum Gasteiger partial charge on any atom is 0.188 e. The van der Waals surface area contributed by atoms with E-state index in [2.05, 4.69) is 51.3 Å². The Kier molecular flexibility index (Phi) is 4.44. The molecule has 0 amide bonds. The van der Waals surface area contributed by atoms with Crippen molar-refractivity contribution in [2.45, 2.75) is 6.04 Å². The average Bonchev–Trinajstić information content (AvgIpc) is 3.18. The second kappa shape index (κ2) is 7.25. The van der Waals surface area contributed by atoms with Crippen molar-refractivity contribution < 1.29 is 4.39 Å². The molecule has 29 heavy (non-hydrogen) atoms. The van der Waals surface area contributed by atoms with Crippen molar-refractivity contribution in [1.82, 2.24) is 24.7 Å². The summed E-state index contributed by atoms with van der Waals surface area (Å²) >= 11 is 0. The van der Waals surface area contributed by atoms with Gasteiger partial charge in [-0.15, -0.1) is 15.3 Å². The molecule has 0 saturated carbocycles. The predicted octanol–water partition coefficient (Wildman–Crippen LogP) is 3.42. The third-order valence-electron chi connectivity index (χ3n) is 5.43. The molecule has 1 unspecified atom stereocenters. The Hall–Kier alpha value is -3.32. The highest BCUT2D eigenvalue weighted by Gasteiger charge is 2.28. The first-order valence-corrected chi connectivity index (χ1v) is 9.68. The van der Waals surface area contributed by atoms with E-state index in [1.165, 1.54) is 11.6 Å². The number of anilines is 1. The minimum atomic E-state index is -0.337. The van der Waals surface area contributed by atoms with Gasteiger partial charge in [-0.3, -0.25) is 0 Å². The van der Waals surface area contributed by atoms with E-state index in [1.54, 1.807) is 22.7 Å². The molecule has 1 aliphatic heterocycles. The largest absolute Gasteiger partial charge is 0.346 e. The summed E-state index contributed by atoms with van der Waals surface area (Å²) < 4.78 is 16.0. The third kappa shape index (κ3) is 3.23. The minimum absolute atomic E-state index is 0.188. The van der Waals surface area contributed by atoms with Gasteiger partial charge in [0.25, 0.3) is 0 Å². The van der Waals surface area contributed by atoms with Crippen LogP contribution in [-0.2, 0) is 0 Å². The molecule has 3 heterocycles. The Morgan fingerprint density at radius 2 is 1.69 bits per heavy atom. The lowest BCUT2D eigenvalue weighted by Gasteiger charge is -2.41. The van der Waals surface area contributed by atoms with Gasteiger partial charge in [0, 0.05) is 19.6 Å². The number of aromatic nitrogens is 4. The molecule has 1 aliphatic rings. The molecule has 0 aliphatic carbocycles. The summed E-state index contributed by atoms with van der Waals surface area (Å²) in [5, 5.41) is 13.2. The van der Waals surface area contributed by atoms with E-state index in [9.17, 15) is 4.39 Å². The van der Waals surface area contributed by atoms with Gasteiger partial charge in [-0.05, 0) is 36.9 Å². The molecule has 1 atom stereocenters. The molecule has 0 radical (unpaired) electrons. The molecule has 2 aromatic carbocycles. The first-order chi connectivity index (χ1) is 14.2. The predicted molar refractivity (Wildman–Crippen MR) is 110 cm³/mol. The van der Waals surface area contributed by atoms with Crippen LogP contribution >= 0.6 is 0 Å². The fourth-order valence-electron chi connectivity index (χ4n) is 3.90. The Morgan fingerprint density at radius 1 is 0.897 bits per heavy atom. The van der Waals surface area contributed by atoms with Crippen LogP contribution in [0.4, 0.5) is 10.2 Å². The van der Waals surface area contributed by atoms with Crippen LogP contribution in [0.3, 0.4) is 0 Å². The van der Waals surface area contributed by atoms with E-state index < -0.39 is 0 Å². The third-order valence-corrected chi connectivity index (χ3v) is 5.43. The van der Waals surface area contributed by atoms with Gasteiger partial charge in [0.2, 0.25) is 0 Å². The summed E-state index contributed by atoms with van der Waals surface area (Å²) in [6.45, 7) is 2.71. The Morgan fingerprint density at radius 3 is 2.52 bits per heavy atom. The Labute approximate surface area is 168 Å². The molecule has 4 aromatic rings. The Bertz CT molecular complexity index is 1140. The maximum atomic E-state index is 14.3. The lowest BCUT2D eigenvalue weighted by Crippen LogP contribution is -2.47. The van der Waals surface area contributed by atoms with Crippen LogP contribution < -0.4 is 4.90 Å². The van der Waals surface area contributed by atoms with Gasteiger partial charge in [0.05, 0.1) is 11.6 Å².